The van der Waals surface area contributed by atoms with Crippen LogP contribution < -0.4 is 4.72 Å². The van der Waals surface area contributed by atoms with Crippen LogP contribution in [0.4, 0.5) is 5.69 Å². The Morgan fingerprint density at radius 1 is 1.20 bits per heavy atom. The molecule has 0 saturated carbocycles. The molecule has 0 bridgehead atoms. The van der Waals surface area contributed by atoms with Gasteiger partial charge < -0.3 is 9.67 Å². The number of hydrogen-bond acceptors (Lipinski definition) is 3. The zero-order chi connectivity index (χ0) is 14.6. The van der Waals surface area contributed by atoms with Gasteiger partial charge in [0, 0.05) is 18.1 Å². The van der Waals surface area contributed by atoms with Gasteiger partial charge in [-0.15, -0.1) is 0 Å². The van der Waals surface area contributed by atoms with Crippen molar-refractivity contribution in [3.05, 3.63) is 48.8 Å². The van der Waals surface area contributed by atoms with Gasteiger partial charge in [0.15, 0.2) is 0 Å². The molecule has 0 aliphatic heterocycles. The van der Waals surface area contributed by atoms with Gasteiger partial charge in [0.25, 0.3) is 0 Å². The second kappa shape index (κ2) is 5.79. The first-order valence-corrected chi connectivity index (χ1v) is 7.57. The highest BCUT2D eigenvalue weighted by Crippen LogP contribution is 2.16. The number of nitrogens with one attached hydrogen (secondary N) is 1. The number of carbonyl (C=O) groups is 1. The molecule has 20 heavy (non-hydrogen) atoms. The van der Waals surface area contributed by atoms with E-state index in [-0.39, 0.29) is 0 Å². The number of carboxylic acids is 1. The van der Waals surface area contributed by atoms with Gasteiger partial charge in [-0.3, -0.25) is 9.52 Å². The van der Waals surface area contributed by atoms with E-state index in [1.54, 1.807) is 18.2 Å². The quantitative estimate of drug-likeness (QED) is 0.848. The minimum absolute atomic E-state index is 0.404. The van der Waals surface area contributed by atoms with Crippen molar-refractivity contribution in [3.63, 3.8) is 0 Å². The van der Waals surface area contributed by atoms with Crippen molar-refractivity contribution < 1.29 is 18.3 Å². The molecule has 0 aliphatic rings. The minimum Gasteiger partial charge on any atom is -0.481 e. The number of aromatic nitrogens is 1. The number of nitrogens with zero attached hydrogens (tertiary/aromatic N) is 1. The van der Waals surface area contributed by atoms with Crippen LogP contribution in [0.3, 0.4) is 0 Å². The predicted molar refractivity (Wildman–Crippen MR) is 75.4 cm³/mol. The van der Waals surface area contributed by atoms with Crippen LogP contribution in [0.15, 0.2) is 48.8 Å². The van der Waals surface area contributed by atoms with E-state index in [0.29, 0.717) is 5.69 Å². The first-order chi connectivity index (χ1) is 9.46. The predicted octanol–water partition coefficient (Wildman–Crippen LogP) is 1.69. The minimum atomic E-state index is -3.66. The van der Waals surface area contributed by atoms with Crippen molar-refractivity contribution >= 4 is 21.7 Å². The van der Waals surface area contributed by atoms with E-state index < -0.39 is 28.2 Å². The second-order valence-corrected chi connectivity index (χ2v) is 6.05. The van der Waals surface area contributed by atoms with Gasteiger partial charge in [0.1, 0.15) is 0 Å². The Morgan fingerprint density at radius 3 is 2.55 bits per heavy atom. The first kappa shape index (κ1) is 14.1. The third-order valence-corrected chi connectivity index (χ3v) is 3.90. The van der Waals surface area contributed by atoms with Crippen molar-refractivity contribution in [3.8, 4) is 5.69 Å². The molecule has 0 saturated heterocycles. The summed E-state index contributed by atoms with van der Waals surface area (Å²) in [7, 11) is -3.66. The second-order valence-electron chi connectivity index (χ2n) is 4.21. The normalized spacial score (nSPS) is 11.2. The maximum Gasteiger partial charge on any atom is 0.304 e. The molecule has 7 heteroatoms. The topological polar surface area (TPSA) is 88.4 Å². The summed E-state index contributed by atoms with van der Waals surface area (Å²) in [5, 5.41) is 8.52. The summed E-state index contributed by atoms with van der Waals surface area (Å²) in [6, 6.07) is 10.6. The molecular formula is C13H14N2O4S. The van der Waals surface area contributed by atoms with Crippen LogP contribution in [0.5, 0.6) is 0 Å². The molecule has 0 radical (unpaired) electrons. The summed E-state index contributed by atoms with van der Waals surface area (Å²) < 4.78 is 27.7. The fourth-order valence-corrected chi connectivity index (χ4v) is 2.72. The Bertz CT molecular complexity index is 693. The monoisotopic (exact) mass is 294 g/mol. The van der Waals surface area contributed by atoms with Gasteiger partial charge in [-0.25, -0.2) is 8.42 Å². The summed E-state index contributed by atoms with van der Waals surface area (Å²) >= 11 is 0. The Hall–Kier alpha value is -2.28. The zero-order valence-corrected chi connectivity index (χ0v) is 11.4. The Balaban J connectivity index is 2.14. The van der Waals surface area contributed by atoms with Gasteiger partial charge in [-0.05, 0) is 30.3 Å². The number of carboxylic acid groups (broad SMARTS) is 1. The highest BCUT2D eigenvalue weighted by atomic mass is 32.2. The molecule has 1 aromatic carbocycles. The highest BCUT2D eigenvalue weighted by Gasteiger charge is 2.13. The van der Waals surface area contributed by atoms with Crippen molar-refractivity contribution in [1.29, 1.82) is 0 Å². The lowest BCUT2D eigenvalue weighted by Gasteiger charge is -2.09. The van der Waals surface area contributed by atoms with Gasteiger partial charge in [0.2, 0.25) is 10.0 Å². The molecule has 0 amide bonds. The molecule has 106 valence electrons. The zero-order valence-electron chi connectivity index (χ0n) is 10.6. The fraction of sp³-hybridized carbons (Fsp3) is 0.154. The van der Waals surface area contributed by atoms with Gasteiger partial charge in [0.05, 0.1) is 17.9 Å². The molecule has 0 aliphatic carbocycles. The molecular weight excluding hydrogens is 280 g/mol. The lowest BCUT2D eigenvalue weighted by Crippen LogP contribution is -2.18. The third-order valence-electron chi connectivity index (χ3n) is 2.61. The van der Waals surface area contributed by atoms with Crippen molar-refractivity contribution in [2.75, 3.05) is 10.5 Å². The maximum atomic E-state index is 11.7. The largest absolute Gasteiger partial charge is 0.481 e. The average molecular weight is 294 g/mol. The number of aliphatic carboxylic acids is 1. The third kappa shape index (κ3) is 3.86. The smallest absolute Gasteiger partial charge is 0.304 e. The van der Waals surface area contributed by atoms with Crippen molar-refractivity contribution in [2.45, 2.75) is 6.42 Å². The van der Waals surface area contributed by atoms with E-state index in [9.17, 15) is 13.2 Å². The van der Waals surface area contributed by atoms with Crippen LogP contribution in [0.1, 0.15) is 6.42 Å². The maximum absolute atomic E-state index is 11.7. The van der Waals surface area contributed by atoms with Crippen molar-refractivity contribution in [1.82, 2.24) is 4.57 Å². The lowest BCUT2D eigenvalue weighted by molar-refractivity contribution is -0.136. The number of anilines is 1. The van der Waals surface area contributed by atoms with E-state index >= 15 is 0 Å². The van der Waals surface area contributed by atoms with Crippen LogP contribution in [0, 0.1) is 0 Å². The van der Waals surface area contributed by atoms with E-state index in [1.807, 2.05) is 35.2 Å². The number of rotatable bonds is 6. The Kier molecular flexibility index (Phi) is 4.09. The standard InChI is InChI=1S/C13H14N2O4S/c16-13(17)6-9-20(18,19)14-11-4-3-5-12(10-11)15-7-1-2-8-15/h1-5,7-8,10,14H,6,9H2,(H,16,17). The van der Waals surface area contributed by atoms with Gasteiger partial charge in [-0.1, -0.05) is 6.07 Å². The van der Waals surface area contributed by atoms with Crippen LogP contribution in [0.2, 0.25) is 0 Å². The Labute approximate surface area is 116 Å². The first-order valence-electron chi connectivity index (χ1n) is 5.92. The fourth-order valence-electron chi connectivity index (χ4n) is 1.69. The number of benzene rings is 1. The van der Waals surface area contributed by atoms with Gasteiger partial charge >= 0.3 is 5.97 Å². The van der Waals surface area contributed by atoms with Crippen LogP contribution in [-0.4, -0.2) is 29.8 Å². The van der Waals surface area contributed by atoms with E-state index in [2.05, 4.69) is 4.72 Å². The molecule has 2 N–H and O–H groups in total. The molecule has 6 nitrogen and oxygen atoms in total. The van der Waals surface area contributed by atoms with Crippen LogP contribution in [0.25, 0.3) is 5.69 Å². The summed E-state index contributed by atoms with van der Waals surface area (Å²) in [4.78, 5) is 10.4. The summed E-state index contributed by atoms with van der Waals surface area (Å²) in [6.07, 6.45) is 3.27. The molecule has 2 rings (SSSR count). The Morgan fingerprint density at radius 2 is 1.90 bits per heavy atom. The molecule has 0 unspecified atom stereocenters. The number of hydrogen-bond donors (Lipinski definition) is 2. The molecule has 1 heterocycles. The molecule has 0 atom stereocenters. The molecule has 2 aromatic rings. The number of sulfonamides is 1. The molecule has 0 fully saturated rings. The summed E-state index contributed by atoms with van der Waals surface area (Å²) in [5.41, 5.74) is 1.22. The van der Waals surface area contributed by atoms with E-state index in [1.165, 1.54) is 0 Å². The molecule has 1 aromatic heterocycles. The van der Waals surface area contributed by atoms with Crippen LogP contribution in [-0.2, 0) is 14.8 Å². The average Bonchev–Trinajstić information content (AvgIpc) is 2.90. The van der Waals surface area contributed by atoms with Crippen LogP contribution >= 0.6 is 0 Å². The van der Waals surface area contributed by atoms with E-state index in [4.69, 9.17) is 5.11 Å². The highest BCUT2D eigenvalue weighted by molar-refractivity contribution is 7.92. The summed E-state index contributed by atoms with van der Waals surface area (Å²) in [5.74, 6) is -1.59. The molecule has 0 spiro atoms. The van der Waals surface area contributed by atoms with Crippen molar-refractivity contribution in [2.24, 2.45) is 0 Å². The summed E-state index contributed by atoms with van der Waals surface area (Å²) in [6.45, 7) is 0. The van der Waals surface area contributed by atoms with Gasteiger partial charge in [-0.2, -0.15) is 0 Å². The SMILES string of the molecule is O=C(O)CCS(=O)(=O)Nc1cccc(-n2cccc2)c1. The van der Waals surface area contributed by atoms with E-state index in [0.717, 1.165) is 5.69 Å². The lowest BCUT2D eigenvalue weighted by atomic mass is 10.3.